The number of hydrogen-bond acceptors (Lipinski definition) is 10. The van der Waals surface area contributed by atoms with Gasteiger partial charge in [-0.15, -0.1) is 0 Å². The Labute approximate surface area is 341 Å². The van der Waals surface area contributed by atoms with Gasteiger partial charge in [-0.05, 0) is 80.1 Å². The molecule has 4 aromatic carbocycles. The number of halogens is 2. The van der Waals surface area contributed by atoms with Gasteiger partial charge in [0, 0.05) is 73.5 Å². The molecule has 0 saturated carbocycles. The number of benzene rings is 4. The monoisotopic (exact) mass is 810 g/mol. The molecule has 310 valence electrons. The molecular formula is C43H48F2N8O6. The van der Waals surface area contributed by atoms with Gasteiger partial charge in [-0.1, -0.05) is 30.3 Å². The van der Waals surface area contributed by atoms with Crippen molar-refractivity contribution in [2.45, 2.75) is 50.9 Å². The Morgan fingerprint density at radius 2 is 1.63 bits per heavy atom. The van der Waals surface area contributed by atoms with Gasteiger partial charge in [0.15, 0.2) is 0 Å². The van der Waals surface area contributed by atoms with E-state index >= 15 is 0 Å². The van der Waals surface area contributed by atoms with Crippen molar-refractivity contribution in [3.05, 3.63) is 132 Å². The summed E-state index contributed by atoms with van der Waals surface area (Å²) in [6.07, 6.45) is 1.29. The molecule has 14 nitrogen and oxygen atoms in total. The summed E-state index contributed by atoms with van der Waals surface area (Å²) in [5, 5.41) is 20.0. The molecule has 7 rings (SSSR count). The summed E-state index contributed by atoms with van der Waals surface area (Å²) >= 11 is 0. The Morgan fingerprint density at radius 3 is 2.25 bits per heavy atom. The third-order valence-corrected chi connectivity index (χ3v) is 10.7. The van der Waals surface area contributed by atoms with E-state index in [9.17, 15) is 23.5 Å². The van der Waals surface area contributed by atoms with Crippen molar-refractivity contribution in [1.82, 2.24) is 25.0 Å². The average Bonchev–Trinajstić information content (AvgIpc) is 3.92. The molecule has 4 atom stereocenters. The highest BCUT2D eigenvalue weighted by molar-refractivity contribution is 5.92. The number of hydrogen-bond donors (Lipinski definition) is 3. The fourth-order valence-corrected chi connectivity index (χ4v) is 7.27. The second kappa shape index (κ2) is 18.7. The van der Waals surface area contributed by atoms with Crippen LogP contribution in [0, 0.1) is 11.6 Å². The molecule has 2 saturated heterocycles. The van der Waals surface area contributed by atoms with Crippen LogP contribution in [0.25, 0.3) is 0 Å². The van der Waals surface area contributed by atoms with E-state index < -0.39 is 29.6 Å². The number of carbonyl (C=O) groups excluding carboxylic acids is 1. The summed E-state index contributed by atoms with van der Waals surface area (Å²) in [5.74, 6) is -2.58. The summed E-state index contributed by atoms with van der Waals surface area (Å²) in [6.45, 7) is 7.56. The first-order valence-corrected chi connectivity index (χ1v) is 19.5. The Morgan fingerprint density at radius 1 is 0.949 bits per heavy atom. The Hall–Kier alpha value is -6.10. The van der Waals surface area contributed by atoms with Gasteiger partial charge < -0.3 is 39.8 Å². The van der Waals surface area contributed by atoms with Gasteiger partial charge in [0.25, 0.3) is 0 Å². The van der Waals surface area contributed by atoms with Gasteiger partial charge in [-0.3, -0.25) is 9.69 Å². The molecule has 2 amide bonds. The summed E-state index contributed by atoms with van der Waals surface area (Å²) in [7, 11) is 0. The van der Waals surface area contributed by atoms with E-state index in [2.05, 4.69) is 30.5 Å². The molecule has 3 unspecified atom stereocenters. The largest absolute Gasteiger partial charge is 0.491 e. The molecule has 0 spiro atoms. The lowest BCUT2D eigenvalue weighted by molar-refractivity contribution is -0.192. The number of carbonyl (C=O) groups is 2. The lowest BCUT2D eigenvalue weighted by Crippen LogP contribution is -2.50. The molecule has 0 bridgehead atoms. The van der Waals surface area contributed by atoms with Crippen LogP contribution < -0.4 is 25.2 Å². The summed E-state index contributed by atoms with van der Waals surface area (Å²) in [5.41, 5.74) is 3.77. The number of piperazine rings is 1. The van der Waals surface area contributed by atoms with Crippen LogP contribution in [0.4, 0.5) is 30.6 Å². The lowest BCUT2D eigenvalue weighted by Gasteiger charge is -2.37. The second-order valence-corrected chi connectivity index (χ2v) is 14.7. The molecule has 5 aromatic rings. The van der Waals surface area contributed by atoms with Crippen LogP contribution in [0.5, 0.6) is 5.75 Å². The van der Waals surface area contributed by atoms with Crippen LogP contribution in [0.2, 0.25) is 0 Å². The number of carboxylic acid groups (broad SMARTS) is 1. The smallest absolute Gasteiger partial charge is 0.407 e. The van der Waals surface area contributed by atoms with Gasteiger partial charge in [0.1, 0.15) is 49.3 Å². The fraction of sp³-hybridized carbons (Fsp3) is 0.349. The quantitative estimate of drug-likeness (QED) is 0.113. The minimum absolute atomic E-state index is 0.0181. The van der Waals surface area contributed by atoms with E-state index in [1.54, 1.807) is 0 Å². The molecule has 2 fully saturated rings. The predicted molar refractivity (Wildman–Crippen MR) is 217 cm³/mol. The first-order valence-electron chi connectivity index (χ1n) is 19.5. The number of amides is 2. The number of rotatable bonds is 16. The lowest BCUT2D eigenvalue weighted by atomic mass is 10.0. The zero-order valence-electron chi connectivity index (χ0n) is 32.9. The molecule has 3 N–H and O–H groups in total. The van der Waals surface area contributed by atoms with Gasteiger partial charge in [-0.2, -0.15) is 5.10 Å². The maximum atomic E-state index is 14.9. The van der Waals surface area contributed by atoms with E-state index in [0.717, 1.165) is 49.2 Å². The van der Waals surface area contributed by atoms with Gasteiger partial charge in [0.2, 0.25) is 11.7 Å². The number of nitrogens with zero attached hydrogens (tertiary/aromatic N) is 6. The third kappa shape index (κ3) is 10.3. The van der Waals surface area contributed by atoms with Crippen LogP contribution in [0.1, 0.15) is 25.0 Å². The zero-order chi connectivity index (χ0) is 41.4. The van der Waals surface area contributed by atoms with Crippen molar-refractivity contribution in [3.8, 4) is 5.75 Å². The maximum absolute atomic E-state index is 14.9. The SMILES string of the molecule is CC([C@H](C)NCC(=O)Nc1ccc(N2CCN(c3ccc(OCC4COC(Cn5cncn5)(c5ccc(F)cc5F)O4)cc3)CC2)cc1)N(Cc1ccccc1)C(=O)O. The summed E-state index contributed by atoms with van der Waals surface area (Å²) in [4.78, 5) is 34.7. The summed E-state index contributed by atoms with van der Waals surface area (Å²) < 4.78 is 48.4. The van der Waals surface area contributed by atoms with Crippen molar-refractivity contribution < 1.29 is 37.7 Å². The van der Waals surface area contributed by atoms with Crippen LogP contribution in [-0.4, -0.2) is 101 Å². The molecular weight excluding hydrogens is 763 g/mol. The third-order valence-electron chi connectivity index (χ3n) is 10.7. The minimum Gasteiger partial charge on any atom is -0.491 e. The molecule has 59 heavy (non-hydrogen) atoms. The van der Waals surface area contributed by atoms with Crippen LogP contribution >= 0.6 is 0 Å². The molecule has 0 aliphatic carbocycles. The first-order chi connectivity index (χ1) is 28.5. The highest BCUT2D eigenvalue weighted by atomic mass is 19.1. The van der Waals surface area contributed by atoms with Crippen LogP contribution in [-0.2, 0) is 33.1 Å². The van der Waals surface area contributed by atoms with Gasteiger partial charge in [0.05, 0.1) is 13.2 Å². The van der Waals surface area contributed by atoms with Crippen molar-refractivity contribution in [2.75, 3.05) is 61.1 Å². The molecule has 1 aromatic heterocycles. The normalized spacial score (nSPS) is 18.9. The zero-order valence-corrected chi connectivity index (χ0v) is 32.9. The first kappa shape index (κ1) is 41.1. The standard InChI is InChI=1S/C43H48F2N8O6/c1-30(31(2)53(42(55)56)24-32-6-4-3-5-7-32)47-23-41(54)49-34-9-11-35(12-10-34)50-18-20-51(21-19-50)36-13-15-37(16-14-36)57-25-38-26-58-43(59-38,27-52-29-46-28-48-52)39-17-8-33(44)22-40(39)45/h3-17,22,28-31,38,47H,18-21,23-27H2,1-2H3,(H,49,54)(H,55,56)/t30-,31?,38?,43?/m0/s1. The highest BCUT2D eigenvalue weighted by Crippen LogP contribution is 2.38. The Balaban J connectivity index is 0.843. The fourth-order valence-electron chi connectivity index (χ4n) is 7.27. The van der Waals surface area contributed by atoms with Gasteiger partial charge >= 0.3 is 6.09 Å². The van der Waals surface area contributed by atoms with E-state index in [1.807, 2.05) is 92.7 Å². The van der Waals surface area contributed by atoms with E-state index in [1.165, 1.54) is 34.4 Å². The average molecular weight is 811 g/mol. The van der Waals surface area contributed by atoms with E-state index in [4.69, 9.17) is 14.2 Å². The van der Waals surface area contributed by atoms with Crippen LogP contribution in [0.15, 0.2) is 110 Å². The predicted octanol–water partition coefficient (Wildman–Crippen LogP) is 5.72. The van der Waals surface area contributed by atoms with Gasteiger partial charge in [-0.25, -0.2) is 23.2 Å². The molecule has 2 aliphatic rings. The molecule has 2 aliphatic heterocycles. The van der Waals surface area contributed by atoms with Crippen molar-refractivity contribution in [1.29, 1.82) is 0 Å². The van der Waals surface area contributed by atoms with Crippen molar-refractivity contribution >= 4 is 29.1 Å². The van der Waals surface area contributed by atoms with Crippen molar-refractivity contribution in [3.63, 3.8) is 0 Å². The molecule has 3 heterocycles. The van der Waals surface area contributed by atoms with Crippen molar-refractivity contribution in [2.24, 2.45) is 0 Å². The van der Waals surface area contributed by atoms with E-state index in [0.29, 0.717) is 11.4 Å². The number of nitrogens with one attached hydrogen (secondary N) is 2. The number of aromatic nitrogens is 3. The van der Waals surface area contributed by atoms with E-state index in [-0.39, 0.29) is 56.4 Å². The molecule has 0 radical (unpaired) electrons. The maximum Gasteiger partial charge on any atom is 0.407 e. The molecule has 16 heteroatoms. The second-order valence-electron chi connectivity index (χ2n) is 14.7. The Kier molecular flexibility index (Phi) is 13.0. The van der Waals surface area contributed by atoms with Crippen LogP contribution in [0.3, 0.4) is 0 Å². The Bertz CT molecular complexity index is 2140. The topological polar surface area (TPSA) is 147 Å². The summed E-state index contributed by atoms with van der Waals surface area (Å²) in [6, 6.07) is 27.7. The minimum atomic E-state index is -1.53. The number of ether oxygens (including phenoxy) is 3. The number of anilines is 3. The highest BCUT2D eigenvalue weighted by Gasteiger charge is 2.46.